The first kappa shape index (κ1) is 8.21. The molecule has 11 heavy (non-hydrogen) atoms. The zero-order valence-electron chi connectivity index (χ0n) is 6.37. The van der Waals surface area contributed by atoms with Crippen molar-refractivity contribution in [2.24, 2.45) is 0 Å². The molecule has 1 aromatic carbocycles. The predicted molar refractivity (Wildman–Crippen MR) is 50.3 cm³/mol. The molecule has 0 aliphatic rings. The van der Waals surface area contributed by atoms with Crippen molar-refractivity contribution in [3.05, 3.63) is 30.3 Å². The van der Waals surface area contributed by atoms with Crippen molar-refractivity contribution in [3.8, 4) is 5.75 Å². The summed E-state index contributed by atoms with van der Waals surface area (Å²) in [6, 6.07) is 5.72. The molecule has 0 aliphatic heterocycles. The molecule has 0 fully saturated rings. The summed E-state index contributed by atoms with van der Waals surface area (Å²) >= 11 is 4.23. The van der Waals surface area contributed by atoms with E-state index in [9.17, 15) is 0 Å². The van der Waals surface area contributed by atoms with E-state index in [2.05, 4.69) is 19.2 Å². The summed E-state index contributed by atoms with van der Waals surface area (Å²) < 4.78 is 5.03. The molecule has 0 N–H and O–H groups in total. The molecule has 0 amide bonds. The van der Waals surface area contributed by atoms with Crippen molar-refractivity contribution in [3.63, 3.8) is 0 Å². The molecule has 0 unspecified atom stereocenters. The van der Waals surface area contributed by atoms with E-state index in [-0.39, 0.29) is 0 Å². The Morgan fingerprint density at radius 1 is 1.55 bits per heavy atom. The average Bonchev–Trinajstić information content (AvgIpc) is 2.04. The van der Waals surface area contributed by atoms with E-state index >= 15 is 0 Å². The van der Waals surface area contributed by atoms with Crippen LogP contribution in [0.5, 0.6) is 5.75 Å². The summed E-state index contributed by atoms with van der Waals surface area (Å²) in [4.78, 5) is 0.838. The summed E-state index contributed by atoms with van der Waals surface area (Å²) in [7, 11) is 1.63. The minimum atomic E-state index is 0.791. The van der Waals surface area contributed by atoms with Crippen molar-refractivity contribution in [2.75, 3.05) is 7.11 Å². The lowest BCUT2D eigenvalue weighted by Crippen LogP contribution is -1.84. The van der Waals surface area contributed by atoms with Crippen molar-refractivity contribution in [1.82, 2.24) is 0 Å². The molecule has 58 valence electrons. The highest BCUT2D eigenvalue weighted by atomic mass is 32.1. The lowest BCUT2D eigenvalue weighted by molar-refractivity contribution is 0.405. The fourth-order valence-corrected chi connectivity index (χ4v) is 1.15. The number of benzene rings is 1. The molecule has 0 saturated carbocycles. The largest absolute Gasteiger partial charge is 0.496 e. The van der Waals surface area contributed by atoms with Gasteiger partial charge in [-0.2, -0.15) is 0 Å². The van der Waals surface area contributed by atoms with Crippen molar-refractivity contribution in [1.29, 1.82) is 0 Å². The fourth-order valence-electron chi connectivity index (χ4n) is 0.834. The van der Waals surface area contributed by atoms with Crippen LogP contribution in [0.15, 0.2) is 29.7 Å². The molecule has 1 nitrogen and oxygen atoms in total. The maximum atomic E-state index is 5.03. The molecule has 0 heterocycles. The lowest BCUT2D eigenvalue weighted by atomic mass is 10.2. The van der Waals surface area contributed by atoms with Crippen molar-refractivity contribution in [2.45, 2.75) is 4.90 Å². The van der Waals surface area contributed by atoms with Gasteiger partial charge in [0.2, 0.25) is 0 Å². The van der Waals surface area contributed by atoms with E-state index in [4.69, 9.17) is 4.74 Å². The van der Waals surface area contributed by atoms with Crippen LogP contribution >= 0.6 is 12.6 Å². The second-order valence-corrected chi connectivity index (χ2v) is 2.62. The van der Waals surface area contributed by atoms with Gasteiger partial charge >= 0.3 is 0 Å². The quantitative estimate of drug-likeness (QED) is 0.664. The van der Waals surface area contributed by atoms with E-state index in [0.717, 1.165) is 16.2 Å². The molecule has 0 spiro atoms. The lowest BCUT2D eigenvalue weighted by Gasteiger charge is -2.03. The number of methoxy groups -OCH3 is 1. The third-order valence-electron chi connectivity index (χ3n) is 1.44. The Hall–Kier alpha value is -0.890. The van der Waals surface area contributed by atoms with E-state index in [1.165, 1.54) is 0 Å². The van der Waals surface area contributed by atoms with Crippen LogP contribution in [-0.2, 0) is 0 Å². The molecule has 0 atom stereocenters. The number of hydrogen-bond acceptors (Lipinski definition) is 2. The Kier molecular flexibility index (Phi) is 2.60. The normalized spacial score (nSPS) is 9.27. The first-order valence-corrected chi connectivity index (χ1v) is 3.72. The molecule has 0 aromatic heterocycles. The van der Waals surface area contributed by atoms with Crippen LogP contribution < -0.4 is 4.74 Å². The van der Waals surface area contributed by atoms with Gasteiger partial charge in [0.1, 0.15) is 5.75 Å². The van der Waals surface area contributed by atoms with Crippen LogP contribution in [0.4, 0.5) is 0 Å². The minimum Gasteiger partial charge on any atom is -0.496 e. The summed E-state index contributed by atoms with van der Waals surface area (Å²) in [5.41, 5.74) is 1.05. The molecule has 0 radical (unpaired) electrons. The van der Waals surface area contributed by atoms with E-state index < -0.39 is 0 Å². The molecule has 0 aliphatic carbocycles. The van der Waals surface area contributed by atoms with Gasteiger partial charge in [-0.25, -0.2) is 0 Å². The summed E-state index contributed by atoms with van der Waals surface area (Å²) in [5, 5.41) is 0. The van der Waals surface area contributed by atoms with Gasteiger partial charge in [-0.15, -0.1) is 12.6 Å². The highest BCUT2D eigenvalue weighted by Gasteiger charge is 1.96. The SMILES string of the molecule is C=Cc1ccc(OC)c(S)c1. The van der Waals surface area contributed by atoms with Crippen molar-refractivity contribution < 1.29 is 4.74 Å². The van der Waals surface area contributed by atoms with Gasteiger partial charge in [0.15, 0.2) is 0 Å². The Morgan fingerprint density at radius 2 is 2.27 bits per heavy atom. The highest BCUT2D eigenvalue weighted by Crippen LogP contribution is 2.23. The van der Waals surface area contributed by atoms with Crippen LogP contribution in [0.1, 0.15) is 5.56 Å². The summed E-state index contributed by atoms with van der Waals surface area (Å²) in [6.07, 6.45) is 1.78. The zero-order valence-corrected chi connectivity index (χ0v) is 7.27. The minimum absolute atomic E-state index is 0.791. The van der Waals surface area contributed by atoms with E-state index in [1.54, 1.807) is 13.2 Å². The summed E-state index contributed by atoms with van der Waals surface area (Å²) in [5.74, 6) is 0.791. The maximum Gasteiger partial charge on any atom is 0.132 e. The van der Waals surface area contributed by atoms with Gasteiger partial charge in [-0.3, -0.25) is 0 Å². The van der Waals surface area contributed by atoms with Crippen LogP contribution in [0, 0.1) is 0 Å². The van der Waals surface area contributed by atoms with Gasteiger partial charge < -0.3 is 4.74 Å². The van der Waals surface area contributed by atoms with Gasteiger partial charge in [0.25, 0.3) is 0 Å². The van der Waals surface area contributed by atoms with Crippen LogP contribution in [0.25, 0.3) is 6.08 Å². The molecule has 2 heteroatoms. The average molecular weight is 166 g/mol. The highest BCUT2D eigenvalue weighted by molar-refractivity contribution is 7.80. The molecular formula is C9H10OS. The topological polar surface area (TPSA) is 9.23 Å². The third-order valence-corrected chi connectivity index (χ3v) is 1.79. The first-order valence-electron chi connectivity index (χ1n) is 3.27. The number of thiol groups is 1. The standard InChI is InChI=1S/C9H10OS/c1-3-7-4-5-8(10-2)9(11)6-7/h3-6,11H,1H2,2H3. The second-order valence-electron chi connectivity index (χ2n) is 2.14. The Morgan fingerprint density at radius 3 is 2.73 bits per heavy atom. The zero-order chi connectivity index (χ0) is 8.27. The third kappa shape index (κ3) is 1.77. The van der Waals surface area contributed by atoms with E-state index in [1.807, 2.05) is 18.2 Å². The molecule has 0 saturated heterocycles. The van der Waals surface area contributed by atoms with Crippen LogP contribution in [0.2, 0.25) is 0 Å². The number of hydrogen-bond donors (Lipinski definition) is 1. The molecule has 0 bridgehead atoms. The predicted octanol–water partition coefficient (Wildman–Crippen LogP) is 2.63. The monoisotopic (exact) mass is 166 g/mol. The van der Waals surface area contributed by atoms with Crippen LogP contribution in [0.3, 0.4) is 0 Å². The van der Waals surface area contributed by atoms with Gasteiger partial charge in [-0.1, -0.05) is 18.7 Å². The molecule has 1 rings (SSSR count). The second kappa shape index (κ2) is 3.49. The van der Waals surface area contributed by atoms with Gasteiger partial charge in [0.05, 0.1) is 7.11 Å². The molecular weight excluding hydrogens is 156 g/mol. The Labute approximate surface area is 72.1 Å². The van der Waals surface area contributed by atoms with Crippen LogP contribution in [-0.4, -0.2) is 7.11 Å². The Bertz CT molecular complexity index is 268. The number of rotatable bonds is 2. The first-order chi connectivity index (χ1) is 5.27. The van der Waals surface area contributed by atoms with E-state index in [0.29, 0.717) is 0 Å². The Balaban J connectivity index is 3.09. The van der Waals surface area contributed by atoms with Gasteiger partial charge in [0, 0.05) is 4.90 Å². The van der Waals surface area contributed by atoms with Crippen molar-refractivity contribution >= 4 is 18.7 Å². The fraction of sp³-hybridized carbons (Fsp3) is 0.111. The maximum absolute atomic E-state index is 5.03. The smallest absolute Gasteiger partial charge is 0.132 e. The number of ether oxygens (including phenoxy) is 1. The summed E-state index contributed by atoms with van der Waals surface area (Å²) in [6.45, 7) is 3.65. The molecule has 1 aromatic rings. The van der Waals surface area contributed by atoms with Gasteiger partial charge in [-0.05, 0) is 17.7 Å².